The summed E-state index contributed by atoms with van der Waals surface area (Å²) in [4.78, 5) is 0. The molecule has 0 amide bonds. The van der Waals surface area contributed by atoms with Gasteiger partial charge in [0.05, 0.1) is 13.3 Å². The van der Waals surface area contributed by atoms with Crippen LogP contribution in [0.1, 0.15) is 5.56 Å². The van der Waals surface area contributed by atoms with Gasteiger partial charge >= 0.3 is 0 Å². The third-order valence-corrected chi connectivity index (χ3v) is 2.46. The molecular weight excluding hydrogens is 202 g/mol. The highest BCUT2D eigenvalue weighted by molar-refractivity contribution is 5.74. The molecular formula is C12H13N3O. The number of hydrogen-bond acceptors (Lipinski definition) is 4. The normalized spacial score (nSPS) is 10.1. The van der Waals surface area contributed by atoms with E-state index in [0.717, 1.165) is 22.4 Å². The number of benzene rings is 1. The van der Waals surface area contributed by atoms with Gasteiger partial charge in [-0.25, -0.2) is 0 Å². The molecule has 4 heteroatoms. The predicted octanol–water partition coefficient (Wildman–Crippen LogP) is 2.04. The van der Waals surface area contributed by atoms with Gasteiger partial charge in [0.2, 0.25) is 0 Å². The first-order chi connectivity index (χ1) is 7.72. The molecule has 1 aromatic heterocycles. The maximum absolute atomic E-state index is 5.77. The van der Waals surface area contributed by atoms with Crippen LogP contribution in [-0.4, -0.2) is 17.3 Å². The number of ether oxygens (including phenoxy) is 1. The summed E-state index contributed by atoms with van der Waals surface area (Å²) in [5.41, 5.74) is 8.74. The average molecular weight is 215 g/mol. The number of rotatable bonds is 2. The van der Waals surface area contributed by atoms with Crippen molar-refractivity contribution in [2.45, 2.75) is 6.92 Å². The van der Waals surface area contributed by atoms with E-state index in [1.165, 1.54) is 0 Å². The number of aromatic nitrogens is 2. The van der Waals surface area contributed by atoms with Crippen LogP contribution in [0.25, 0.3) is 11.1 Å². The lowest BCUT2D eigenvalue weighted by Crippen LogP contribution is -1.96. The number of hydrogen-bond donors (Lipinski definition) is 1. The Hall–Kier alpha value is -2.10. The SMILES string of the molecule is COc1ccc(-c2ccnnc2N)cc1C. The smallest absolute Gasteiger partial charge is 0.153 e. The molecule has 0 saturated heterocycles. The van der Waals surface area contributed by atoms with Crippen LogP contribution < -0.4 is 10.5 Å². The zero-order valence-corrected chi connectivity index (χ0v) is 9.27. The molecule has 82 valence electrons. The summed E-state index contributed by atoms with van der Waals surface area (Å²) in [6.07, 6.45) is 1.63. The molecule has 2 aromatic rings. The molecule has 1 heterocycles. The quantitative estimate of drug-likeness (QED) is 0.832. The van der Waals surface area contributed by atoms with E-state index in [4.69, 9.17) is 10.5 Å². The van der Waals surface area contributed by atoms with Gasteiger partial charge in [-0.2, -0.15) is 5.10 Å². The van der Waals surface area contributed by atoms with Crippen LogP contribution in [0.3, 0.4) is 0 Å². The standard InChI is InChI=1S/C12H13N3O/c1-8-7-9(3-4-11(8)16-2)10-5-6-14-15-12(10)13/h3-7H,1-2H3,(H2,13,15). The monoisotopic (exact) mass is 215 g/mol. The topological polar surface area (TPSA) is 61.0 Å². The Balaban J connectivity index is 2.50. The molecule has 0 unspecified atom stereocenters. The summed E-state index contributed by atoms with van der Waals surface area (Å²) in [6, 6.07) is 7.75. The molecule has 0 fully saturated rings. The van der Waals surface area contributed by atoms with Crippen molar-refractivity contribution >= 4 is 5.82 Å². The van der Waals surface area contributed by atoms with Crippen molar-refractivity contribution in [2.24, 2.45) is 0 Å². The second-order valence-corrected chi connectivity index (χ2v) is 3.51. The highest BCUT2D eigenvalue weighted by Gasteiger charge is 2.05. The van der Waals surface area contributed by atoms with Gasteiger partial charge in [-0.05, 0) is 36.2 Å². The molecule has 0 aliphatic carbocycles. The van der Waals surface area contributed by atoms with Crippen LogP contribution in [0, 0.1) is 6.92 Å². The minimum Gasteiger partial charge on any atom is -0.496 e. The molecule has 4 nitrogen and oxygen atoms in total. The van der Waals surface area contributed by atoms with Crippen molar-refractivity contribution in [3.63, 3.8) is 0 Å². The third-order valence-electron chi connectivity index (χ3n) is 2.46. The lowest BCUT2D eigenvalue weighted by atomic mass is 10.0. The Bertz CT molecular complexity index is 511. The maximum atomic E-state index is 5.77. The van der Waals surface area contributed by atoms with Gasteiger partial charge in [0.15, 0.2) is 5.82 Å². The van der Waals surface area contributed by atoms with Crippen molar-refractivity contribution < 1.29 is 4.74 Å². The first-order valence-corrected chi connectivity index (χ1v) is 4.94. The summed E-state index contributed by atoms with van der Waals surface area (Å²) in [5, 5.41) is 7.55. The van der Waals surface area contributed by atoms with Crippen LogP contribution in [0.15, 0.2) is 30.5 Å². The molecule has 0 spiro atoms. The molecule has 0 saturated carbocycles. The van der Waals surface area contributed by atoms with Gasteiger partial charge in [0.1, 0.15) is 5.75 Å². The van der Waals surface area contributed by atoms with Gasteiger partial charge in [0.25, 0.3) is 0 Å². The van der Waals surface area contributed by atoms with E-state index in [9.17, 15) is 0 Å². The Morgan fingerprint density at radius 1 is 1.25 bits per heavy atom. The summed E-state index contributed by atoms with van der Waals surface area (Å²) in [5.74, 6) is 1.30. The van der Waals surface area contributed by atoms with Gasteiger partial charge in [-0.1, -0.05) is 6.07 Å². The minimum atomic E-state index is 0.437. The van der Waals surface area contributed by atoms with Crippen LogP contribution in [0.4, 0.5) is 5.82 Å². The van der Waals surface area contributed by atoms with Gasteiger partial charge < -0.3 is 10.5 Å². The van der Waals surface area contributed by atoms with Crippen molar-refractivity contribution in [1.29, 1.82) is 0 Å². The molecule has 2 N–H and O–H groups in total. The number of anilines is 1. The van der Waals surface area contributed by atoms with Gasteiger partial charge in [0, 0.05) is 5.56 Å². The maximum Gasteiger partial charge on any atom is 0.153 e. The van der Waals surface area contributed by atoms with Crippen molar-refractivity contribution in [3.05, 3.63) is 36.0 Å². The van der Waals surface area contributed by atoms with E-state index >= 15 is 0 Å². The number of nitrogen functional groups attached to an aromatic ring is 1. The first-order valence-electron chi connectivity index (χ1n) is 4.94. The fourth-order valence-corrected chi connectivity index (χ4v) is 1.63. The number of aryl methyl sites for hydroxylation is 1. The van der Waals surface area contributed by atoms with Crippen molar-refractivity contribution in [3.8, 4) is 16.9 Å². The van der Waals surface area contributed by atoms with Gasteiger partial charge in [-0.15, -0.1) is 5.10 Å². The summed E-state index contributed by atoms with van der Waals surface area (Å²) < 4.78 is 5.21. The van der Waals surface area contributed by atoms with E-state index in [1.54, 1.807) is 13.3 Å². The molecule has 0 radical (unpaired) electrons. The highest BCUT2D eigenvalue weighted by Crippen LogP contribution is 2.28. The molecule has 0 atom stereocenters. The van der Waals surface area contributed by atoms with Crippen LogP contribution in [0.2, 0.25) is 0 Å². The molecule has 0 aliphatic rings. The Morgan fingerprint density at radius 2 is 2.06 bits per heavy atom. The molecule has 0 aliphatic heterocycles. The number of nitrogens with zero attached hydrogens (tertiary/aromatic N) is 2. The molecule has 0 bridgehead atoms. The van der Waals surface area contributed by atoms with Crippen molar-refractivity contribution in [2.75, 3.05) is 12.8 Å². The second kappa shape index (κ2) is 4.18. The molecule has 2 rings (SSSR count). The summed E-state index contributed by atoms with van der Waals surface area (Å²) in [6.45, 7) is 1.99. The average Bonchev–Trinajstić information content (AvgIpc) is 2.29. The Morgan fingerprint density at radius 3 is 2.69 bits per heavy atom. The van der Waals surface area contributed by atoms with E-state index < -0.39 is 0 Å². The van der Waals surface area contributed by atoms with Crippen LogP contribution in [0.5, 0.6) is 5.75 Å². The third kappa shape index (κ3) is 1.82. The lowest BCUT2D eigenvalue weighted by molar-refractivity contribution is 0.412. The van der Waals surface area contributed by atoms with E-state index in [2.05, 4.69) is 10.2 Å². The molecule has 1 aromatic carbocycles. The Labute approximate surface area is 94.1 Å². The van der Waals surface area contributed by atoms with Crippen LogP contribution >= 0.6 is 0 Å². The van der Waals surface area contributed by atoms with Crippen molar-refractivity contribution in [1.82, 2.24) is 10.2 Å². The fraction of sp³-hybridized carbons (Fsp3) is 0.167. The zero-order chi connectivity index (χ0) is 11.5. The predicted molar refractivity (Wildman–Crippen MR) is 63.2 cm³/mol. The second-order valence-electron chi connectivity index (χ2n) is 3.51. The highest BCUT2D eigenvalue weighted by atomic mass is 16.5. The zero-order valence-electron chi connectivity index (χ0n) is 9.27. The number of nitrogens with two attached hydrogens (primary N) is 1. The first kappa shape index (κ1) is 10.4. The van der Waals surface area contributed by atoms with E-state index in [0.29, 0.717) is 5.82 Å². The lowest BCUT2D eigenvalue weighted by Gasteiger charge is -2.08. The van der Waals surface area contributed by atoms with E-state index in [1.807, 2.05) is 31.2 Å². The van der Waals surface area contributed by atoms with Gasteiger partial charge in [-0.3, -0.25) is 0 Å². The fourth-order valence-electron chi connectivity index (χ4n) is 1.63. The minimum absolute atomic E-state index is 0.437. The van der Waals surface area contributed by atoms with Crippen LogP contribution in [-0.2, 0) is 0 Å². The number of methoxy groups -OCH3 is 1. The largest absolute Gasteiger partial charge is 0.496 e. The summed E-state index contributed by atoms with van der Waals surface area (Å²) >= 11 is 0. The van der Waals surface area contributed by atoms with E-state index in [-0.39, 0.29) is 0 Å². The molecule has 16 heavy (non-hydrogen) atoms. The summed E-state index contributed by atoms with van der Waals surface area (Å²) in [7, 11) is 1.66. The Kier molecular flexibility index (Phi) is 2.72.